The van der Waals surface area contributed by atoms with Crippen molar-refractivity contribution in [2.75, 3.05) is 5.32 Å². The first-order valence-corrected chi connectivity index (χ1v) is 10.8. The highest BCUT2D eigenvalue weighted by molar-refractivity contribution is 7.98. The fourth-order valence-corrected chi connectivity index (χ4v) is 4.30. The predicted octanol–water partition coefficient (Wildman–Crippen LogP) is 3.90. The van der Waals surface area contributed by atoms with Crippen LogP contribution in [0.4, 0.5) is 5.69 Å². The number of rotatable bonds is 7. The minimum Gasteiger partial charge on any atom is -0.326 e. The number of benzene rings is 2. The minimum atomic E-state index is -0.0737. The topological polar surface area (TPSA) is 85.6 Å². The Hall–Kier alpha value is -3.04. The summed E-state index contributed by atoms with van der Waals surface area (Å²) in [6.07, 6.45) is 0.255. The molecule has 9 heteroatoms. The van der Waals surface area contributed by atoms with E-state index in [2.05, 4.69) is 25.8 Å². The first kappa shape index (κ1) is 19.3. The molecule has 29 heavy (non-hydrogen) atoms. The van der Waals surface area contributed by atoms with Crippen molar-refractivity contribution in [1.29, 1.82) is 0 Å². The number of carbonyl (C=O) groups excluding carboxylic acids is 1. The summed E-state index contributed by atoms with van der Waals surface area (Å²) in [5, 5.41) is 18.3. The number of nitrogens with zero attached hydrogens (tertiary/aromatic N) is 5. The van der Waals surface area contributed by atoms with E-state index in [0.717, 1.165) is 27.6 Å². The van der Waals surface area contributed by atoms with Crippen LogP contribution in [0.3, 0.4) is 0 Å². The monoisotopic (exact) mass is 422 g/mol. The molecule has 2 aromatic carbocycles. The molecule has 0 saturated carbocycles. The molecule has 0 spiro atoms. The van der Waals surface area contributed by atoms with Gasteiger partial charge in [-0.2, -0.15) is 4.68 Å². The van der Waals surface area contributed by atoms with Gasteiger partial charge in [-0.25, -0.2) is 4.98 Å². The molecule has 1 N–H and O–H groups in total. The summed E-state index contributed by atoms with van der Waals surface area (Å²) in [6.45, 7) is 2.01. The van der Waals surface area contributed by atoms with Crippen LogP contribution in [0, 0.1) is 6.92 Å². The van der Waals surface area contributed by atoms with E-state index in [9.17, 15) is 4.79 Å². The fourth-order valence-electron chi connectivity index (χ4n) is 2.61. The van der Waals surface area contributed by atoms with Crippen LogP contribution in [0.5, 0.6) is 0 Å². The van der Waals surface area contributed by atoms with Crippen molar-refractivity contribution in [1.82, 2.24) is 25.2 Å². The zero-order valence-electron chi connectivity index (χ0n) is 15.6. The summed E-state index contributed by atoms with van der Waals surface area (Å²) >= 11 is 2.99. The maximum Gasteiger partial charge on any atom is 0.231 e. The highest BCUT2D eigenvalue weighted by Crippen LogP contribution is 2.23. The number of tetrazole rings is 1. The van der Waals surface area contributed by atoms with Crippen molar-refractivity contribution in [3.63, 3.8) is 0 Å². The second-order valence-corrected chi connectivity index (χ2v) is 8.21. The van der Waals surface area contributed by atoms with Crippen LogP contribution in [0.2, 0.25) is 0 Å². The Bertz CT molecular complexity index is 1090. The van der Waals surface area contributed by atoms with Crippen LogP contribution < -0.4 is 5.32 Å². The molecule has 0 radical (unpaired) electrons. The molecule has 146 valence electrons. The van der Waals surface area contributed by atoms with Gasteiger partial charge >= 0.3 is 0 Å². The molecule has 7 nitrogen and oxygen atoms in total. The van der Waals surface area contributed by atoms with Crippen molar-refractivity contribution >= 4 is 34.7 Å². The van der Waals surface area contributed by atoms with Gasteiger partial charge in [0.05, 0.1) is 17.8 Å². The van der Waals surface area contributed by atoms with E-state index in [4.69, 9.17) is 0 Å². The van der Waals surface area contributed by atoms with Crippen LogP contribution in [0.15, 0.2) is 65.1 Å². The van der Waals surface area contributed by atoms with E-state index in [1.807, 2.05) is 66.9 Å². The molecule has 0 aliphatic carbocycles. The molecule has 0 saturated heterocycles. The number of aromatic nitrogens is 5. The second-order valence-electron chi connectivity index (χ2n) is 6.32. The number of thioether (sulfide) groups is 1. The predicted molar refractivity (Wildman–Crippen MR) is 114 cm³/mol. The van der Waals surface area contributed by atoms with Gasteiger partial charge in [-0.05, 0) is 41.6 Å². The Morgan fingerprint density at radius 3 is 2.72 bits per heavy atom. The van der Waals surface area contributed by atoms with Crippen LogP contribution in [0.1, 0.15) is 16.3 Å². The number of hydrogen-bond donors (Lipinski definition) is 1. The summed E-state index contributed by atoms with van der Waals surface area (Å²) in [5.74, 6) is 0.555. The zero-order chi connectivity index (χ0) is 20.1. The van der Waals surface area contributed by atoms with E-state index in [0.29, 0.717) is 10.9 Å². The lowest BCUT2D eigenvalue weighted by Gasteiger charge is -2.04. The number of aryl methyl sites for hydroxylation is 1. The van der Waals surface area contributed by atoms with Crippen LogP contribution in [-0.2, 0) is 17.0 Å². The lowest BCUT2D eigenvalue weighted by Crippen LogP contribution is -2.14. The molecule has 0 aliphatic heterocycles. The van der Waals surface area contributed by atoms with Gasteiger partial charge in [0.2, 0.25) is 11.1 Å². The molecular weight excluding hydrogens is 404 g/mol. The molecule has 1 amide bonds. The van der Waals surface area contributed by atoms with E-state index in [1.54, 1.807) is 4.68 Å². The molecule has 0 atom stereocenters. The van der Waals surface area contributed by atoms with Crippen molar-refractivity contribution in [2.24, 2.45) is 0 Å². The Morgan fingerprint density at radius 2 is 1.93 bits per heavy atom. The standard InChI is InChI=1S/C20H18N6OS2/c1-14-7-9-15(10-8-14)21-18(27)11-19-22-16(12-28-19)13-29-20-23-24-25-26(20)17-5-3-2-4-6-17/h2-10,12H,11,13H2,1H3,(H,21,27). The number of carbonyl (C=O) groups is 1. The van der Waals surface area contributed by atoms with E-state index in [1.165, 1.54) is 23.1 Å². The average molecular weight is 423 g/mol. The number of anilines is 1. The van der Waals surface area contributed by atoms with Gasteiger partial charge in [0.1, 0.15) is 5.01 Å². The van der Waals surface area contributed by atoms with Crippen molar-refractivity contribution < 1.29 is 4.79 Å². The quantitative estimate of drug-likeness (QED) is 0.455. The Balaban J connectivity index is 1.34. The largest absolute Gasteiger partial charge is 0.326 e. The highest BCUT2D eigenvalue weighted by atomic mass is 32.2. The summed E-state index contributed by atoms with van der Waals surface area (Å²) < 4.78 is 1.70. The van der Waals surface area contributed by atoms with Gasteiger partial charge < -0.3 is 5.32 Å². The van der Waals surface area contributed by atoms with E-state index >= 15 is 0 Å². The van der Waals surface area contributed by atoms with E-state index in [-0.39, 0.29) is 12.3 Å². The normalized spacial score (nSPS) is 10.8. The number of nitrogens with one attached hydrogen (secondary N) is 1. The fraction of sp³-hybridized carbons (Fsp3) is 0.150. The third-order valence-electron chi connectivity index (χ3n) is 4.04. The molecular formula is C20H18N6OS2. The van der Waals surface area contributed by atoms with E-state index < -0.39 is 0 Å². The lowest BCUT2D eigenvalue weighted by atomic mass is 10.2. The van der Waals surface area contributed by atoms with Crippen LogP contribution >= 0.6 is 23.1 Å². The molecule has 2 heterocycles. The number of hydrogen-bond acceptors (Lipinski definition) is 7. The number of para-hydroxylation sites is 1. The average Bonchev–Trinajstić information content (AvgIpc) is 3.38. The number of thiazole rings is 1. The molecule has 0 fully saturated rings. The Kier molecular flexibility index (Phi) is 5.97. The van der Waals surface area contributed by atoms with Crippen molar-refractivity contribution in [3.8, 4) is 5.69 Å². The highest BCUT2D eigenvalue weighted by Gasteiger charge is 2.12. The molecule has 2 aromatic heterocycles. The smallest absolute Gasteiger partial charge is 0.231 e. The maximum atomic E-state index is 12.2. The molecule has 0 aliphatic rings. The van der Waals surface area contributed by atoms with Crippen molar-refractivity contribution in [2.45, 2.75) is 24.3 Å². The van der Waals surface area contributed by atoms with Gasteiger partial charge in [0.15, 0.2) is 0 Å². The summed E-state index contributed by atoms with van der Waals surface area (Å²) in [7, 11) is 0. The van der Waals surface area contributed by atoms with Gasteiger partial charge in [-0.15, -0.1) is 16.4 Å². The molecule has 4 aromatic rings. The van der Waals surface area contributed by atoms with Crippen LogP contribution in [-0.4, -0.2) is 31.1 Å². The lowest BCUT2D eigenvalue weighted by molar-refractivity contribution is -0.115. The van der Waals surface area contributed by atoms with Crippen LogP contribution in [0.25, 0.3) is 5.69 Å². The zero-order valence-corrected chi connectivity index (χ0v) is 17.3. The summed E-state index contributed by atoms with van der Waals surface area (Å²) in [5.41, 5.74) is 3.76. The Morgan fingerprint density at radius 1 is 1.14 bits per heavy atom. The second kappa shape index (κ2) is 8.97. The van der Waals surface area contributed by atoms with Gasteiger partial charge in [-0.1, -0.05) is 47.7 Å². The molecule has 0 bridgehead atoms. The first-order chi connectivity index (χ1) is 14.2. The Labute approximate surface area is 176 Å². The third kappa shape index (κ3) is 5.07. The first-order valence-electron chi connectivity index (χ1n) is 8.94. The van der Waals surface area contributed by atoms with Gasteiger partial charge in [-0.3, -0.25) is 4.79 Å². The summed E-state index contributed by atoms with van der Waals surface area (Å²) in [4.78, 5) is 16.8. The third-order valence-corrected chi connectivity index (χ3v) is 5.89. The molecule has 4 rings (SSSR count). The maximum absolute atomic E-state index is 12.2. The van der Waals surface area contributed by atoms with Crippen molar-refractivity contribution in [3.05, 3.63) is 76.2 Å². The van der Waals surface area contributed by atoms with Gasteiger partial charge in [0.25, 0.3) is 0 Å². The summed E-state index contributed by atoms with van der Waals surface area (Å²) in [6, 6.07) is 17.5. The molecule has 0 unspecified atom stereocenters. The number of amides is 1. The SMILES string of the molecule is Cc1ccc(NC(=O)Cc2nc(CSc3nnnn3-c3ccccc3)cs2)cc1. The van der Waals surface area contributed by atoms with Gasteiger partial charge in [0, 0.05) is 16.8 Å². The minimum absolute atomic E-state index is 0.0737.